The summed E-state index contributed by atoms with van der Waals surface area (Å²) in [5, 5.41) is 2.89. The number of nitrogens with zero attached hydrogens (tertiary/aromatic N) is 3. The third-order valence-corrected chi connectivity index (χ3v) is 3.02. The van der Waals surface area contributed by atoms with Crippen molar-refractivity contribution >= 4 is 17.1 Å². The third-order valence-electron chi connectivity index (χ3n) is 3.02. The van der Waals surface area contributed by atoms with Crippen LogP contribution in [0.3, 0.4) is 0 Å². The molecule has 3 heterocycles. The second kappa shape index (κ2) is 5.48. The first-order chi connectivity index (χ1) is 9.84. The van der Waals surface area contributed by atoms with Gasteiger partial charge in [-0.3, -0.25) is 9.78 Å². The number of pyridine rings is 2. The maximum Gasteiger partial charge on any atom is 0.253 e. The molecule has 2 N–H and O–H groups in total. The zero-order chi connectivity index (χ0) is 13.8. The number of aromatic amines is 1. The summed E-state index contributed by atoms with van der Waals surface area (Å²) < 4.78 is 0. The number of carbonyl (C=O) groups is 1. The van der Waals surface area contributed by atoms with Crippen molar-refractivity contribution in [3.63, 3.8) is 0 Å². The highest BCUT2D eigenvalue weighted by Crippen LogP contribution is 2.11. The van der Waals surface area contributed by atoms with Crippen LogP contribution < -0.4 is 5.32 Å². The Morgan fingerprint density at radius 2 is 2.00 bits per heavy atom. The van der Waals surface area contributed by atoms with E-state index in [9.17, 15) is 4.79 Å². The fraction of sp³-hybridized carbons (Fsp3) is 0.143. The zero-order valence-electron chi connectivity index (χ0n) is 10.7. The highest BCUT2D eigenvalue weighted by molar-refractivity contribution is 6.03. The van der Waals surface area contributed by atoms with Crippen LogP contribution in [-0.2, 0) is 6.42 Å². The minimum atomic E-state index is -0.129. The Hall–Kier alpha value is -2.76. The Balaban J connectivity index is 1.66. The van der Waals surface area contributed by atoms with Crippen LogP contribution in [0.4, 0.5) is 0 Å². The molecule has 20 heavy (non-hydrogen) atoms. The van der Waals surface area contributed by atoms with Crippen molar-refractivity contribution < 1.29 is 4.79 Å². The number of aromatic nitrogens is 4. The van der Waals surface area contributed by atoms with Crippen LogP contribution >= 0.6 is 0 Å². The van der Waals surface area contributed by atoms with Gasteiger partial charge in [-0.15, -0.1) is 0 Å². The summed E-state index contributed by atoms with van der Waals surface area (Å²) in [6.07, 6.45) is 7.38. The molecular weight excluding hydrogens is 254 g/mol. The second-order valence-electron chi connectivity index (χ2n) is 4.32. The normalized spacial score (nSPS) is 10.6. The van der Waals surface area contributed by atoms with Gasteiger partial charge in [0.2, 0.25) is 0 Å². The van der Waals surface area contributed by atoms with Crippen LogP contribution in [0, 0.1) is 0 Å². The van der Waals surface area contributed by atoms with E-state index < -0.39 is 0 Å². The number of amides is 1. The molecule has 6 heteroatoms. The molecule has 0 bridgehead atoms. The summed E-state index contributed by atoms with van der Waals surface area (Å²) in [5.41, 5.74) is 2.91. The molecule has 3 rings (SSSR count). The van der Waals surface area contributed by atoms with Gasteiger partial charge in [0, 0.05) is 25.1 Å². The summed E-state index contributed by atoms with van der Waals surface area (Å²) in [7, 11) is 0. The first kappa shape index (κ1) is 12.3. The summed E-state index contributed by atoms with van der Waals surface area (Å²) in [4.78, 5) is 27.2. The Morgan fingerprint density at radius 1 is 1.15 bits per heavy atom. The third kappa shape index (κ3) is 2.49. The number of nitrogens with one attached hydrogen (secondary N) is 2. The minimum absolute atomic E-state index is 0.129. The number of rotatable bonds is 4. The monoisotopic (exact) mass is 267 g/mol. The number of carbonyl (C=O) groups excluding carboxylic acids is 1. The maximum absolute atomic E-state index is 12.1. The Bertz CT molecular complexity index is 723. The summed E-state index contributed by atoms with van der Waals surface area (Å²) >= 11 is 0. The number of H-pyrrole nitrogens is 1. The smallest absolute Gasteiger partial charge is 0.253 e. The van der Waals surface area contributed by atoms with Crippen LogP contribution in [-0.4, -0.2) is 32.4 Å². The summed E-state index contributed by atoms with van der Waals surface area (Å²) in [6.45, 7) is 0.570. The summed E-state index contributed by atoms with van der Waals surface area (Å²) in [5.74, 6) is -0.129. The molecule has 3 aromatic rings. The van der Waals surface area contributed by atoms with E-state index in [2.05, 4.69) is 25.3 Å². The van der Waals surface area contributed by atoms with E-state index in [0.29, 0.717) is 23.3 Å². The number of hydrogen-bond donors (Lipinski definition) is 2. The lowest BCUT2D eigenvalue weighted by Gasteiger charge is -2.05. The van der Waals surface area contributed by atoms with Crippen molar-refractivity contribution in [2.45, 2.75) is 6.42 Å². The van der Waals surface area contributed by atoms with Gasteiger partial charge in [-0.05, 0) is 30.2 Å². The highest BCUT2D eigenvalue weighted by atomic mass is 16.1. The fourth-order valence-corrected chi connectivity index (χ4v) is 2.00. The topological polar surface area (TPSA) is 83.6 Å². The van der Waals surface area contributed by atoms with Crippen LogP contribution in [0.1, 0.15) is 15.9 Å². The van der Waals surface area contributed by atoms with Crippen molar-refractivity contribution in [3.8, 4) is 0 Å². The van der Waals surface area contributed by atoms with Gasteiger partial charge in [0.25, 0.3) is 5.91 Å². The van der Waals surface area contributed by atoms with Crippen molar-refractivity contribution in [2.75, 3.05) is 6.54 Å². The molecule has 0 unspecified atom stereocenters. The molecule has 6 nitrogen and oxygen atoms in total. The van der Waals surface area contributed by atoms with Gasteiger partial charge in [-0.2, -0.15) is 0 Å². The van der Waals surface area contributed by atoms with Crippen LogP contribution in [0.15, 0.2) is 43.1 Å². The molecule has 0 saturated heterocycles. The Kier molecular flexibility index (Phi) is 3.36. The molecule has 1 amide bonds. The van der Waals surface area contributed by atoms with Gasteiger partial charge >= 0.3 is 0 Å². The predicted octanol–water partition coefficient (Wildman–Crippen LogP) is 1.33. The zero-order valence-corrected chi connectivity index (χ0v) is 10.7. The molecule has 0 aliphatic rings. The van der Waals surface area contributed by atoms with E-state index in [1.807, 2.05) is 12.1 Å². The van der Waals surface area contributed by atoms with E-state index in [0.717, 1.165) is 12.0 Å². The lowest BCUT2D eigenvalue weighted by molar-refractivity contribution is 0.0955. The SMILES string of the molecule is O=C(NCCc1ccncc1)c1ccnc2nc[nH]c12. The molecule has 3 aromatic heterocycles. The minimum Gasteiger partial charge on any atom is -0.352 e. The largest absolute Gasteiger partial charge is 0.352 e. The lowest BCUT2D eigenvalue weighted by atomic mass is 10.2. The van der Waals surface area contributed by atoms with Crippen molar-refractivity contribution in [1.82, 2.24) is 25.3 Å². The van der Waals surface area contributed by atoms with Crippen LogP contribution in [0.5, 0.6) is 0 Å². The molecule has 0 saturated carbocycles. The molecule has 0 atom stereocenters. The van der Waals surface area contributed by atoms with Gasteiger partial charge in [0.05, 0.1) is 17.4 Å². The standard InChI is InChI=1S/C14H13N5O/c20-14(17-7-3-10-1-5-15-6-2-10)11-4-8-16-13-12(11)18-9-19-13/h1-2,4-6,8-9H,3,7H2,(H,17,20)(H,16,18,19). The quantitative estimate of drug-likeness (QED) is 0.747. The van der Waals surface area contributed by atoms with E-state index in [4.69, 9.17) is 0 Å². The molecule has 100 valence electrons. The maximum atomic E-state index is 12.1. The highest BCUT2D eigenvalue weighted by Gasteiger charge is 2.11. The van der Waals surface area contributed by atoms with Crippen LogP contribution in [0.25, 0.3) is 11.2 Å². The molecule has 0 aromatic carbocycles. The average molecular weight is 267 g/mol. The van der Waals surface area contributed by atoms with Crippen LogP contribution in [0.2, 0.25) is 0 Å². The van der Waals surface area contributed by atoms with Gasteiger partial charge < -0.3 is 10.3 Å². The van der Waals surface area contributed by atoms with Gasteiger partial charge in [-0.1, -0.05) is 0 Å². The van der Waals surface area contributed by atoms with Gasteiger partial charge in [0.1, 0.15) is 0 Å². The fourth-order valence-electron chi connectivity index (χ4n) is 2.00. The molecule has 0 aliphatic heterocycles. The Labute approximate surface area is 115 Å². The molecule has 0 spiro atoms. The van der Waals surface area contributed by atoms with Gasteiger partial charge in [-0.25, -0.2) is 9.97 Å². The van der Waals surface area contributed by atoms with E-state index in [-0.39, 0.29) is 5.91 Å². The molecular formula is C14H13N5O. The van der Waals surface area contributed by atoms with E-state index in [1.165, 1.54) is 6.33 Å². The van der Waals surface area contributed by atoms with Crippen molar-refractivity contribution in [1.29, 1.82) is 0 Å². The lowest BCUT2D eigenvalue weighted by Crippen LogP contribution is -2.26. The Morgan fingerprint density at radius 3 is 2.85 bits per heavy atom. The first-order valence-corrected chi connectivity index (χ1v) is 6.30. The second-order valence-corrected chi connectivity index (χ2v) is 4.32. The van der Waals surface area contributed by atoms with Crippen molar-refractivity contribution in [3.05, 3.63) is 54.2 Å². The number of hydrogen-bond acceptors (Lipinski definition) is 4. The molecule has 0 radical (unpaired) electrons. The van der Waals surface area contributed by atoms with Gasteiger partial charge in [0.15, 0.2) is 5.65 Å². The molecule has 0 aliphatic carbocycles. The number of imidazole rings is 1. The van der Waals surface area contributed by atoms with E-state index >= 15 is 0 Å². The average Bonchev–Trinajstić information content (AvgIpc) is 2.96. The van der Waals surface area contributed by atoms with Crippen molar-refractivity contribution in [2.24, 2.45) is 0 Å². The summed E-state index contributed by atoms with van der Waals surface area (Å²) in [6, 6.07) is 5.56. The van der Waals surface area contributed by atoms with E-state index in [1.54, 1.807) is 24.7 Å². The molecule has 0 fully saturated rings. The predicted molar refractivity (Wildman–Crippen MR) is 74.2 cm³/mol. The number of fused-ring (bicyclic) bond motifs is 1. The first-order valence-electron chi connectivity index (χ1n) is 6.30.